The van der Waals surface area contributed by atoms with Gasteiger partial charge in [-0.1, -0.05) is 13.8 Å². The van der Waals surface area contributed by atoms with Gasteiger partial charge in [0.05, 0.1) is 17.4 Å². The van der Waals surface area contributed by atoms with Gasteiger partial charge >= 0.3 is 0 Å². The predicted octanol–water partition coefficient (Wildman–Crippen LogP) is 4.13. The molecule has 1 N–H and O–H groups in total. The summed E-state index contributed by atoms with van der Waals surface area (Å²) < 4.78 is 11.3. The van der Waals surface area contributed by atoms with E-state index in [9.17, 15) is 10.1 Å². The Kier molecular flexibility index (Phi) is 7.24. The van der Waals surface area contributed by atoms with Gasteiger partial charge in [0.15, 0.2) is 0 Å². The maximum absolute atomic E-state index is 12.7. The van der Waals surface area contributed by atoms with E-state index < -0.39 is 5.60 Å². The Balaban J connectivity index is 3.01. The molecule has 132 valence electrons. The topological polar surface area (TPSA) is 71.3 Å². The van der Waals surface area contributed by atoms with Gasteiger partial charge in [0.2, 0.25) is 0 Å². The molecular weight excluding hydrogens is 304 g/mol. The number of nitrogens with one attached hydrogen (secondary N) is 1. The number of rotatable bonds is 8. The Morgan fingerprint density at radius 2 is 2.00 bits per heavy atom. The molecule has 1 aromatic carbocycles. The summed E-state index contributed by atoms with van der Waals surface area (Å²) in [5.74, 6) is 0.672. The van der Waals surface area contributed by atoms with E-state index >= 15 is 0 Å². The summed E-state index contributed by atoms with van der Waals surface area (Å²) in [5.41, 5.74) is -0.0962. The van der Waals surface area contributed by atoms with Crippen LogP contribution in [0.5, 0.6) is 5.75 Å². The minimum atomic E-state index is -0.928. The third-order valence-corrected chi connectivity index (χ3v) is 3.47. The number of ether oxygens (including phenoxy) is 2. The summed E-state index contributed by atoms with van der Waals surface area (Å²) in [7, 11) is 0. The van der Waals surface area contributed by atoms with Crippen molar-refractivity contribution in [2.24, 2.45) is 5.92 Å². The molecule has 5 nitrogen and oxygen atoms in total. The molecule has 1 rings (SSSR count). The second kappa shape index (κ2) is 8.70. The van der Waals surface area contributed by atoms with Crippen molar-refractivity contribution in [3.05, 3.63) is 23.8 Å². The molecule has 1 amide bonds. The molecule has 0 aliphatic rings. The highest BCUT2D eigenvalue weighted by atomic mass is 16.5. The van der Waals surface area contributed by atoms with Crippen molar-refractivity contribution in [3.63, 3.8) is 0 Å². The van der Waals surface area contributed by atoms with E-state index in [1.54, 1.807) is 25.1 Å². The van der Waals surface area contributed by atoms with Gasteiger partial charge in [-0.3, -0.25) is 4.79 Å². The molecule has 0 spiro atoms. The van der Waals surface area contributed by atoms with Crippen molar-refractivity contribution < 1.29 is 14.3 Å². The number of amides is 1. The summed E-state index contributed by atoms with van der Waals surface area (Å²) in [6.07, 6.45) is 0.618. The fourth-order valence-electron chi connectivity index (χ4n) is 2.64. The minimum Gasteiger partial charge on any atom is -0.491 e. The van der Waals surface area contributed by atoms with E-state index in [0.29, 0.717) is 35.9 Å². The van der Waals surface area contributed by atoms with Crippen LogP contribution in [0.3, 0.4) is 0 Å². The number of anilines is 1. The van der Waals surface area contributed by atoms with Crippen LogP contribution in [-0.4, -0.2) is 24.2 Å². The molecule has 0 aliphatic carbocycles. The summed E-state index contributed by atoms with van der Waals surface area (Å²) in [5, 5.41) is 12.2. The molecule has 0 aliphatic heterocycles. The molecule has 0 bridgehead atoms. The van der Waals surface area contributed by atoms with Gasteiger partial charge in [-0.05, 0) is 52.2 Å². The summed E-state index contributed by atoms with van der Waals surface area (Å²) in [6, 6.07) is 7.18. The molecule has 0 heterocycles. The van der Waals surface area contributed by atoms with Gasteiger partial charge in [0.25, 0.3) is 5.91 Å². The molecule has 24 heavy (non-hydrogen) atoms. The fourth-order valence-corrected chi connectivity index (χ4v) is 2.64. The maximum Gasteiger partial charge on any atom is 0.256 e. The Hall–Kier alpha value is -2.06. The lowest BCUT2D eigenvalue weighted by Crippen LogP contribution is -2.44. The smallest absolute Gasteiger partial charge is 0.256 e. The maximum atomic E-state index is 12.7. The Morgan fingerprint density at radius 1 is 1.33 bits per heavy atom. The van der Waals surface area contributed by atoms with Crippen LogP contribution in [0.25, 0.3) is 0 Å². The summed E-state index contributed by atoms with van der Waals surface area (Å²) in [4.78, 5) is 12.7. The first-order chi connectivity index (χ1) is 11.2. The molecule has 0 aromatic heterocycles. The lowest BCUT2D eigenvalue weighted by Gasteiger charge is -2.30. The highest BCUT2D eigenvalue weighted by molar-refractivity contribution is 5.98. The van der Waals surface area contributed by atoms with Gasteiger partial charge in [-0.2, -0.15) is 5.26 Å². The molecule has 0 unspecified atom stereocenters. The molecule has 0 saturated carbocycles. The molecule has 0 saturated heterocycles. The van der Waals surface area contributed by atoms with Gasteiger partial charge in [0.1, 0.15) is 17.4 Å². The zero-order valence-electron chi connectivity index (χ0n) is 15.5. The molecule has 0 radical (unpaired) electrons. The van der Waals surface area contributed by atoms with E-state index in [1.165, 1.54) is 0 Å². The lowest BCUT2D eigenvalue weighted by molar-refractivity contribution is -0.140. The van der Waals surface area contributed by atoms with Gasteiger partial charge < -0.3 is 14.8 Å². The zero-order chi connectivity index (χ0) is 18.3. The number of benzene rings is 1. The van der Waals surface area contributed by atoms with Crippen molar-refractivity contribution in [2.75, 3.05) is 11.9 Å². The van der Waals surface area contributed by atoms with Crippen LogP contribution < -0.4 is 10.1 Å². The van der Waals surface area contributed by atoms with Crippen molar-refractivity contribution in [2.45, 2.75) is 59.7 Å². The van der Waals surface area contributed by atoms with Crippen molar-refractivity contribution >= 4 is 11.6 Å². The summed E-state index contributed by atoms with van der Waals surface area (Å²) >= 11 is 0. The lowest BCUT2D eigenvalue weighted by atomic mass is 9.93. The van der Waals surface area contributed by atoms with E-state index in [4.69, 9.17) is 9.47 Å². The van der Waals surface area contributed by atoms with Crippen molar-refractivity contribution in [1.29, 1.82) is 5.26 Å². The quantitative estimate of drug-likeness (QED) is 0.777. The molecule has 1 aromatic rings. The Morgan fingerprint density at radius 3 is 2.50 bits per heavy atom. The number of hydrogen-bond donors (Lipinski definition) is 1. The normalized spacial score (nSPS) is 13.5. The SMILES string of the molecule is CCO[C@@](C)(CC(C)C)C(=O)Nc1ccc(OC(C)C)cc1C#N. The number of carbonyl (C=O) groups excluding carboxylic acids is 1. The fraction of sp³-hybridized carbons (Fsp3) is 0.579. The second-order valence-corrected chi connectivity index (χ2v) is 6.70. The first-order valence-electron chi connectivity index (χ1n) is 8.38. The van der Waals surface area contributed by atoms with E-state index in [0.717, 1.165) is 0 Å². The van der Waals surface area contributed by atoms with Crippen LogP contribution in [0, 0.1) is 17.2 Å². The van der Waals surface area contributed by atoms with Gasteiger partial charge in [-0.15, -0.1) is 0 Å². The van der Waals surface area contributed by atoms with Gasteiger partial charge in [0, 0.05) is 12.7 Å². The van der Waals surface area contributed by atoms with Crippen LogP contribution in [0.15, 0.2) is 18.2 Å². The molecule has 1 atom stereocenters. The van der Waals surface area contributed by atoms with Crippen LogP contribution in [0.2, 0.25) is 0 Å². The highest BCUT2D eigenvalue weighted by Gasteiger charge is 2.35. The van der Waals surface area contributed by atoms with Crippen LogP contribution in [-0.2, 0) is 9.53 Å². The first kappa shape index (κ1) is 20.0. The van der Waals surface area contributed by atoms with Gasteiger partial charge in [-0.25, -0.2) is 0 Å². The monoisotopic (exact) mass is 332 g/mol. The second-order valence-electron chi connectivity index (χ2n) is 6.70. The average Bonchev–Trinajstić information content (AvgIpc) is 2.47. The summed E-state index contributed by atoms with van der Waals surface area (Å²) in [6.45, 7) is 12.0. The largest absolute Gasteiger partial charge is 0.491 e. The van der Waals surface area contributed by atoms with E-state index in [2.05, 4.69) is 11.4 Å². The number of nitrogens with zero attached hydrogens (tertiary/aromatic N) is 1. The van der Waals surface area contributed by atoms with Crippen molar-refractivity contribution in [3.8, 4) is 11.8 Å². The molecular formula is C19H28N2O3. The average molecular weight is 332 g/mol. The Labute approximate surface area is 145 Å². The zero-order valence-corrected chi connectivity index (χ0v) is 15.5. The van der Waals surface area contributed by atoms with E-state index in [-0.39, 0.29) is 12.0 Å². The minimum absolute atomic E-state index is 0.0178. The third-order valence-electron chi connectivity index (χ3n) is 3.47. The van der Waals surface area contributed by atoms with Crippen LogP contribution in [0.4, 0.5) is 5.69 Å². The number of carbonyl (C=O) groups is 1. The molecule has 5 heteroatoms. The predicted molar refractivity (Wildman–Crippen MR) is 95.0 cm³/mol. The Bertz CT molecular complexity index is 605. The highest BCUT2D eigenvalue weighted by Crippen LogP contribution is 2.26. The van der Waals surface area contributed by atoms with Crippen LogP contribution in [0.1, 0.15) is 53.5 Å². The number of hydrogen-bond acceptors (Lipinski definition) is 4. The van der Waals surface area contributed by atoms with Crippen LogP contribution >= 0.6 is 0 Å². The van der Waals surface area contributed by atoms with Crippen molar-refractivity contribution in [1.82, 2.24) is 0 Å². The standard InChI is InChI=1S/C19H28N2O3/c1-7-23-19(6,11-13(2)3)18(22)21-17-9-8-16(24-14(4)5)10-15(17)12-20/h8-10,13-14H,7,11H2,1-6H3,(H,21,22)/t19-/m0/s1. The number of nitriles is 1. The third kappa shape index (κ3) is 5.54. The molecule has 0 fully saturated rings. The van der Waals surface area contributed by atoms with E-state index in [1.807, 2.05) is 34.6 Å². The first-order valence-corrected chi connectivity index (χ1v) is 8.38.